The first-order chi connectivity index (χ1) is 10.3. The van der Waals surface area contributed by atoms with Gasteiger partial charge >= 0.3 is 0 Å². The van der Waals surface area contributed by atoms with Crippen LogP contribution in [0.4, 0.5) is 5.95 Å². The van der Waals surface area contributed by atoms with Crippen LogP contribution in [-0.4, -0.2) is 28.4 Å². The molecule has 0 bridgehead atoms. The monoisotopic (exact) mass is 316 g/mol. The Morgan fingerprint density at radius 3 is 2.76 bits per heavy atom. The number of hydrogen-bond acceptors (Lipinski definition) is 4. The highest BCUT2D eigenvalue weighted by atomic mass is 32.1. The van der Waals surface area contributed by atoms with Gasteiger partial charge in [0.15, 0.2) is 0 Å². The van der Waals surface area contributed by atoms with Crippen LogP contribution in [0.25, 0.3) is 5.69 Å². The number of nitrogens with zero attached hydrogens (tertiary/aromatic N) is 3. The van der Waals surface area contributed by atoms with Crippen LogP contribution in [-0.2, 0) is 6.42 Å². The molecule has 4 nitrogen and oxygen atoms in total. The molecule has 0 atom stereocenters. The first-order valence-electron chi connectivity index (χ1n) is 6.72. The zero-order chi connectivity index (χ0) is 14.7. The second kappa shape index (κ2) is 6.24. The fraction of sp³-hybridized carbons (Fsp3) is 0.200. The normalized spacial score (nSPS) is 10.7. The fourth-order valence-electron chi connectivity index (χ4n) is 2.19. The van der Waals surface area contributed by atoms with Crippen molar-refractivity contribution < 1.29 is 0 Å². The Morgan fingerprint density at radius 2 is 2.05 bits per heavy atom. The molecule has 0 spiro atoms. The molecule has 0 saturated carbocycles. The highest BCUT2D eigenvalue weighted by molar-refractivity contribution is 7.71. The van der Waals surface area contributed by atoms with Crippen LogP contribution in [0.5, 0.6) is 0 Å². The van der Waals surface area contributed by atoms with Crippen LogP contribution >= 0.6 is 23.6 Å². The maximum atomic E-state index is 5.36. The van der Waals surface area contributed by atoms with Gasteiger partial charge in [-0.25, -0.2) is 5.10 Å². The number of likely N-dealkylation sites (N-methyl/N-ethyl adjacent to an activating group) is 1. The average molecular weight is 316 g/mol. The summed E-state index contributed by atoms with van der Waals surface area (Å²) in [5, 5.41) is 9.36. The lowest BCUT2D eigenvalue weighted by Gasteiger charge is -2.18. The molecule has 2 aromatic heterocycles. The lowest BCUT2D eigenvalue weighted by Crippen LogP contribution is -2.23. The van der Waals surface area contributed by atoms with Gasteiger partial charge in [0.2, 0.25) is 10.7 Å². The largest absolute Gasteiger partial charge is 0.343 e. The van der Waals surface area contributed by atoms with E-state index in [1.54, 1.807) is 11.3 Å². The predicted octanol–water partition coefficient (Wildman–Crippen LogP) is 3.67. The van der Waals surface area contributed by atoms with Crippen molar-refractivity contribution in [1.29, 1.82) is 0 Å². The summed E-state index contributed by atoms with van der Waals surface area (Å²) in [6.07, 6.45) is 1.00. The molecule has 0 unspecified atom stereocenters. The van der Waals surface area contributed by atoms with Gasteiger partial charge in [0.25, 0.3) is 0 Å². The molecule has 0 aliphatic heterocycles. The van der Waals surface area contributed by atoms with E-state index >= 15 is 0 Å². The van der Waals surface area contributed by atoms with Crippen LogP contribution in [0.2, 0.25) is 0 Å². The Kier molecular flexibility index (Phi) is 4.17. The summed E-state index contributed by atoms with van der Waals surface area (Å²) in [4.78, 5) is 3.50. The van der Waals surface area contributed by atoms with Crippen LogP contribution in [0, 0.1) is 4.77 Å². The number of benzene rings is 1. The average Bonchev–Trinajstić information content (AvgIpc) is 3.15. The van der Waals surface area contributed by atoms with Gasteiger partial charge in [-0.2, -0.15) is 0 Å². The Morgan fingerprint density at radius 1 is 1.24 bits per heavy atom. The molecule has 108 valence electrons. The topological polar surface area (TPSA) is 36.9 Å². The molecule has 0 aliphatic carbocycles. The molecule has 0 fully saturated rings. The highest BCUT2D eigenvalue weighted by Crippen LogP contribution is 2.18. The molecule has 6 heteroatoms. The number of nitrogens with one attached hydrogen (secondary N) is 1. The molecule has 0 saturated heterocycles. The van der Waals surface area contributed by atoms with Crippen LogP contribution < -0.4 is 4.90 Å². The molecule has 0 aliphatic rings. The predicted molar refractivity (Wildman–Crippen MR) is 90.0 cm³/mol. The van der Waals surface area contributed by atoms with E-state index in [2.05, 4.69) is 32.6 Å². The first-order valence-corrected chi connectivity index (χ1v) is 8.01. The molecular formula is C15H16N4S2. The number of rotatable bonds is 5. The fourth-order valence-corrected chi connectivity index (χ4v) is 3.12. The minimum absolute atomic E-state index is 0.610. The van der Waals surface area contributed by atoms with Gasteiger partial charge in [-0.05, 0) is 42.2 Å². The van der Waals surface area contributed by atoms with E-state index in [0.717, 1.165) is 24.6 Å². The van der Waals surface area contributed by atoms with E-state index in [0.29, 0.717) is 4.77 Å². The lowest BCUT2D eigenvalue weighted by atomic mass is 10.3. The SMILES string of the molecule is CN(CCc1cccs1)c1n[nH]c(=S)n1-c1ccccc1. The van der Waals surface area contributed by atoms with E-state index in [9.17, 15) is 0 Å². The Labute approximate surface area is 132 Å². The molecule has 0 radical (unpaired) electrons. The first kappa shape index (κ1) is 14.0. The minimum atomic E-state index is 0.610. The Hall–Kier alpha value is -1.92. The van der Waals surface area contributed by atoms with Crippen molar-refractivity contribution in [1.82, 2.24) is 14.8 Å². The van der Waals surface area contributed by atoms with Gasteiger partial charge in [0, 0.05) is 18.5 Å². The summed E-state index contributed by atoms with van der Waals surface area (Å²) in [6.45, 7) is 0.896. The van der Waals surface area contributed by atoms with Crippen LogP contribution in [0.15, 0.2) is 47.8 Å². The van der Waals surface area contributed by atoms with Gasteiger partial charge in [-0.1, -0.05) is 24.3 Å². The van der Waals surface area contributed by atoms with E-state index in [1.807, 2.05) is 41.9 Å². The number of para-hydroxylation sites is 1. The van der Waals surface area contributed by atoms with E-state index in [1.165, 1.54) is 4.88 Å². The zero-order valence-corrected chi connectivity index (χ0v) is 13.3. The quantitative estimate of drug-likeness (QED) is 0.730. The van der Waals surface area contributed by atoms with E-state index < -0.39 is 0 Å². The van der Waals surface area contributed by atoms with Crippen LogP contribution in [0.1, 0.15) is 4.88 Å². The minimum Gasteiger partial charge on any atom is -0.343 e. The molecule has 3 rings (SSSR count). The number of thiophene rings is 1. The Bertz CT molecular complexity index is 744. The van der Waals surface area contributed by atoms with Crippen molar-refractivity contribution in [2.24, 2.45) is 0 Å². The molecule has 1 aromatic carbocycles. The summed E-state index contributed by atoms with van der Waals surface area (Å²) in [5.41, 5.74) is 1.02. The van der Waals surface area contributed by atoms with Crippen molar-refractivity contribution in [3.05, 3.63) is 57.5 Å². The second-order valence-corrected chi connectivity index (χ2v) is 6.17. The van der Waals surface area contributed by atoms with Crippen molar-refractivity contribution in [2.45, 2.75) is 6.42 Å². The standard InChI is InChI=1S/C15H16N4S2/c1-18(10-9-13-8-5-11-21-13)14-16-17-15(20)19(14)12-6-3-2-4-7-12/h2-8,11H,9-10H2,1H3,(H,17,20). The van der Waals surface area contributed by atoms with Gasteiger partial charge < -0.3 is 4.90 Å². The summed E-state index contributed by atoms with van der Waals surface area (Å²) in [6, 6.07) is 14.3. The molecule has 1 N–H and O–H groups in total. The summed E-state index contributed by atoms with van der Waals surface area (Å²) in [5.74, 6) is 0.836. The van der Waals surface area contributed by atoms with Gasteiger partial charge in [0.1, 0.15) is 0 Å². The van der Waals surface area contributed by atoms with Crippen molar-refractivity contribution in [3.8, 4) is 5.69 Å². The number of anilines is 1. The molecular weight excluding hydrogens is 300 g/mol. The summed E-state index contributed by atoms with van der Waals surface area (Å²) < 4.78 is 2.57. The van der Waals surface area contributed by atoms with E-state index in [4.69, 9.17) is 12.2 Å². The lowest BCUT2D eigenvalue weighted by molar-refractivity contribution is 0.827. The smallest absolute Gasteiger partial charge is 0.230 e. The number of H-pyrrole nitrogens is 1. The third kappa shape index (κ3) is 3.06. The Balaban J connectivity index is 1.84. The summed E-state index contributed by atoms with van der Waals surface area (Å²) in [7, 11) is 2.04. The van der Waals surface area contributed by atoms with Crippen molar-refractivity contribution in [2.75, 3.05) is 18.5 Å². The maximum Gasteiger partial charge on any atom is 0.230 e. The number of hydrogen-bond donors (Lipinski definition) is 1. The molecule has 2 heterocycles. The van der Waals surface area contributed by atoms with Crippen LogP contribution in [0.3, 0.4) is 0 Å². The van der Waals surface area contributed by atoms with Crippen molar-refractivity contribution in [3.63, 3.8) is 0 Å². The third-order valence-electron chi connectivity index (χ3n) is 3.28. The second-order valence-electron chi connectivity index (χ2n) is 4.75. The van der Waals surface area contributed by atoms with Crippen molar-refractivity contribution >= 4 is 29.5 Å². The van der Waals surface area contributed by atoms with Gasteiger partial charge in [0.05, 0.1) is 5.69 Å². The summed E-state index contributed by atoms with van der Waals surface area (Å²) >= 11 is 7.14. The zero-order valence-electron chi connectivity index (χ0n) is 11.7. The van der Waals surface area contributed by atoms with Gasteiger partial charge in [-0.15, -0.1) is 16.4 Å². The third-order valence-corrected chi connectivity index (χ3v) is 4.49. The van der Waals surface area contributed by atoms with E-state index in [-0.39, 0.29) is 0 Å². The molecule has 21 heavy (non-hydrogen) atoms. The van der Waals surface area contributed by atoms with Gasteiger partial charge in [-0.3, -0.25) is 4.57 Å². The molecule has 0 amide bonds. The number of aromatic nitrogens is 3. The number of aromatic amines is 1. The molecule has 3 aromatic rings. The highest BCUT2D eigenvalue weighted by Gasteiger charge is 2.12. The maximum absolute atomic E-state index is 5.36.